The van der Waals surface area contributed by atoms with Crippen molar-refractivity contribution in [2.45, 2.75) is 45.7 Å². The first-order chi connectivity index (χ1) is 7.63. The van der Waals surface area contributed by atoms with Gasteiger partial charge in [0.2, 0.25) is 0 Å². The molecule has 0 aliphatic carbocycles. The van der Waals surface area contributed by atoms with Crippen LogP contribution in [0.15, 0.2) is 4.47 Å². The molecular weight excluding hydrogens is 266 g/mol. The monoisotopic (exact) mass is 285 g/mol. The summed E-state index contributed by atoms with van der Waals surface area (Å²) in [6.45, 7) is 6.71. The molecule has 0 aromatic carbocycles. The summed E-state index contributed by atoms with van der Waals surface area (Å²) in [5.74, 6) is 0. The third kappa shape index (κ3) is 2.18. The predicted octanol–water partition coefficient (Wildman–Crippen LogP) is 2.73. The highest BCUT2D eigenvalue weighted by molar-refractivity contribution is 9.10. The standard InChI is InChI=1S/C12H20BrN3/c1-4-10-12(13)11(15(3)14-10)8-16-7-5-6-9(16)2/h9H,4-8H2,1-3H3. The topological polar surface area (TPSA) is 21.1 Å². The molecule has 1 fully saturated rings. The van der Waals surface area contributed by atoms with E-state index in [-0.39, 0.29) is 0 Å². The fourth-order valence-corrected chi connectivity index (χ4v) is 3.15. The third-order valence-corrected chi connectivity index (χ3v) is 4.46. The van der Waals surface area contributed by atoms with Crippen molar-refractivity contribution in [1.29, 1.82) is 0 Å². The molecule has 1 saturated heterocycles. The van der Waals surface area contributed by atoms with E-state index < -0.39 is 0 Å². The number of likely N-dealkylation sites (tertiary alicyclic amines) is 1. The van der Waals surface area contributed by atoms with Gasteiger partial charge in [0.05, 0.1) is 15.9 Å². The van der Waals surface area contributed by atoms with Crippen LogP contribution in [0, 0.1) is 0 Å². The van der Waals surface area contributed by atoms with Gasteiger partial charge in [0.25, 0.3) is 0 Å². The molecule has 2 heterocycles. The predicted molar refractivity (Wildman–Crippen MR) is 69.4 cm³/mol. The van der Waals surface area contributed by atoms with Crippen LogP contribution in [0.3, 0.4) is 0 Å². The number of hydrogen-bond acceptors (Lipinski definition) is 2. The highest BCUT2D eigenvalue weighted by atomic mass is 79.9. The minimum Gasteiger partial charge on any atom is -0.295 e. The van der Waals surface area contributed by atoms with Crippen LogP contribution in [0.4, 0.5) is 0 Å². The van der Waals surface area contributed by atoms with E-state index in [9.17, 15) is 0 Å². The van der Waals surface area contributed by atoms with Gasteiger partial charge in [-0.15, -0.1) is 0 Å². The highest BCUT2D eigenvalue weighted by Gasteiger charge is 2.23. The number of nitrogens with zero attached hydrogens (tertiary/aromatic N) is 3. The molecule has 0 N–H and O–H groups in total. The zero-order valence-electron chi connectivity index (χ0n) is 10.3. The summed E-state index contributed by atoms with van der Waals surface area (Å²) in [4.78, 5) is 2.54. The van der Waals surface area contributed by atoms with Crippen molar-refractivity contribution in [1.82, 2.24) is 14.7 Å². The van der Waals surface area contributed by atoms with Crippen LogP contribution in [-0.4, -0.2) is 27.3 Å². The fraction of sp³-hybridized carbons (Fsp3) is 0.750. The molecule has 0 bridgehead atoms. The molecule has 4 heteroatoms. The minimum atomic E-state index is 0.715. The van der Waals surface area contributed by atoms with E-state index in [1.54, 1.807) is 0 Å². The lowest BCUT2D eigenvalue weighted by molar-refractivity contribution is 0.253. The summed E-state index contributed by atoms with van der Waals surface area (Å²) in [5.41, 5.74) is 2.48. The lowest BCUT2D eigenvalue weighted by atomic mass is 10.2. The van der Waals surface area contributed by atoms with E-state index in [2.05, 4.69) is 39.8 Å². The van der Waals surface area contributed by atoms with Crippen molar-refractivity contribution in [2.75, 3.05) is 6.54 Å². The van der Waals surface area contributed by atoms with Crippen LogP contribution in [0.25, 0.3) is 0 Å². The highest BCUT2D eigenvalue weighted by Crippen LogP contribution is 2.26. The molecule has 1 aromatic rings. The van der Waals surface area contributed by atoms with Crippen molar-refractivity contribution in [3.8, 4) is 0 Å². The summed E-state index contributed by atoms with van der Waals surface area (Å²) in [7, 11) is 2.04. The van der Waals surface area contributed by atoms with Crippen molar-refractivity contribution in [2.24, 2.45) is 7.05 Å². The van der Waals surface area contributed by atoms with Crippen LogP contribution in [0.1, 0.15) is 38.1 Å². The lowest BCUT2D eigenvalue weighted by Gasteiger charge is -2.21. The average molecular weight is 286 g/mol. The molecule has 1 unspecified atom stereocenters. The smallest absolute Gasteiger partial charge is 0.0767 e. The number of aryl methyl sites for hydroxylation is 2. The Balaban J connectivity index is 2.17. The molecule has 90 valence electrons. The fourth-order valence-electron chi connectivity index (χ4n) is 2.41. The maximum atomic E-state index is 4.54. The van der Waals surface area contributed by atoms with E-state index in [1.807, 2.05) is 11.7 Å². The van der Waals surface area contributed by atoms with Crippen LogP contribution in [-0.2, 0) is 20.0 Å². The van der Waals surface area contributed by atoms with E-state index in [0.717, 1.165) is 13.0 Å². The van der Waals surface area contributed by atoms with Gasteiger partial charge in [-0.1, -0.05) is 6.92 Å². The average Bonchev–Trinajstić information content (AvgIpc) is 2.77. The Hall–Kier alpha value is -0.350. The van der Waals surface area contributed by atoms with Gasteiger partial charge in [0.1, 0.15) is 0 Å². The van der Waals surface area contributed by atoms with Gasteiger partial charge in [-0.05, 0) is 48.7 Å². The molecular formula is C12H20BrN3. The van der Waals surface area contributed by atoms with Gasteiger partial charge in [0, 0.05) is 19.6 Å². The first kappa shape index (κ1) is 12.1. The molecule has 1 aliphatic rings. The van der Waals surface area contributed by atoms with Gasteiger partial charge >= 0.3 is 0 Å². The first-order valence-electron chi connectivity index (χ1n) is 6.07. The molecule has 1 atom stereocenters. The third-order valence-electron chi connectivity index (χ3n) is 3.55. The SMILES string of the molecule is CCc1nn(C)c(CN2CCCC2C)c1Br. The molecule has 0 amide bonds. The van der Waals surface area contributed by atoms with Crippen LogP contribution >= 0.6 is 15.9 Å². The van der Waals surface area contributed by atoms with Gasteiger partial charge in [-0.25, -0.2) is 0 Å². The Kier molecular flexibility index (Phi) is 3.70. The van der Waals surface area contributed by atoms with Crippen LogP contribution in [0.5, 0.6) is 0 Å². The number of hydrogen-bond donors (Lipinski definition) is 0. The second kappa shape index (κ2) is 4.88. The van der Waals surface area contributed by atoms with Gasteiger partial charge < -0.3 is 0 Å². The molecule has 2 rings (SSSR count). The molecule has 1 aromatic heterocycles. The lowest BCUT2D eigenvalue weighted by Crippen LogP contribution is -2.27. The maximum absolute atomic E-state index is 4.54. The summed E-state index contributed by atoms with van der Waals surface area (Å²) in [5, 5.41) is 4.54. The Morgan fingerprint density at radius 2 is 2.25 bits per heavy atom. The zero-order valence-corrected chi connectivity index (χ0v) is 11.9. The molecule has 0 radical (unpaired) electrons. The molecule has 16 heavy (non-hydrogen) atoms. The maximum Gasteiger partial charge on any atom is 0.0767 e. The summed E-state index contributed by atoms with van der Waals surface area (Å²) >= 11 is 3.68. The largest absolute Gasteiger partial charge is 0.295 e. The Labute approximate surface area is 106 Å². The summed E-state index contributed by atoms with van der Waals surface area (Å²) in [6, 6.07) is 0.715. The van der Waals surface area contributed by atoms with E-state index in [4.69, 9.17) is 0 Å². The minimum absolute atomic E-state index is 0.715. The number of rotatable bonds is 3. The van der Waals surface area contributed by atoms with E-state index in [0.29, 0.717) is 6.04 Å². The van der Waals surface area contributed by atoms with Crippen molar-refractivity contribution in [3.05, 3.63) is 15.9 Å². The second-order valence-corrected chi connectivity index (χ2v) is 5.44. The van der Waals surface area contributed by atoms with Crippen LogP contribution < -0.4 is 0 Å². The van der Waals surface area contributed by atoms with E-state index >= 15 is 0 Å². The van der Waals surface area contributed by atoms with Gasteiger partial charge in [-0.3, -0.25) is 9.58 Å². The van der Waals surface area contributed by atoms with Crippen molar-refractivity contribution >= 4 is 15.9 Å². The molecule has 1 aliphatic heterocycles. The molecule has 0 spiro atoms. The Bertz CT molecular complexity index is 373. The van der Waals surface area contributed by atoms with Crippen molar-refractivity contribution < 1.29 is 0 Å². The van der Waals surface area contributed by atoms with Gasteiger partial charge in [-0.2, -0.15) is 5.10 Å². The van der Waals surface area contributed by atoms with Gasteiger partial charge in [0.15, 0.2) is 0 Å². The Morgan fingerprint density at radius 1 is 1.50 bits per heavy atom. The molecule has 0 saturated carbocycles. The van der Waals surface area contributed by atoms with Crippen LogP contribution in [0.2, 0.25) is 0 Å². The zero-order chi connectivity index (χ0) is 11.7. The van der Waals surface area contributed by atoms with Crippen molar-refractivity contribution in [3.63, 3.8) is 0 Å². The van der Waals surface area contributed by atoms with E-state index in [1.165, 1.54) is 35.2 Å². The summed E-state index contributed by atoms with van der Waals surface area (Å²) in [6.07, 6.45) is 3.65. The second-order valence-electron chi connectivity index (χ2n) is 4.65. The Morgan fingerprint density at radius 3 is 2.75 bits per heavy atom. The number of aromatic nitrogens is 2. The first-order valence-corrected chi connectivity index (χ1v) is 6.87. The quantitative estimate of drug-likeness (QED) is 0.852. The normalized spacial score (nSPS) is 21.9. The molecule has 3 nitrogen and oxygen atoms in total. The number of halogens is 1. The summed E-state index contributed by atoms with van der Waals surface area (Å²) < 4.78 is 3.23.